The van der Waals surface area contributed by atoms with Gasteiger partial charge in [-0.15, -0.1) is 0 Å². The van der Waals surface area contributed by atoms with E-state index in [0.717, 1.165) is 25.9 Å². The minimum absolute atomic E-state index is 0.0773. The van der Waals surface area contributed by atoms with Gasteiger partial charge in [0.05, 0.1) is 5.56 Å². The molecular weight excluding hydrogens is 238 g/mol. The van der Waals surface area contributed by atoms with Crippen LogP contribution >= 0.6 is 0 Å². The molecule has 3 nitrogen and oxygen atoms in total. The highest BCUT2D eigenvalue weighted by Crippen LogP contribution is 2.17. The topological polar surface area (TPSA) is 29.5 Å². The van der Waals surface area contributed by atoms with Crippen LogP contribution in [0.4, 0.5) is 0 Å². The number of piperidine rings is 1. The van der Waals surface area contributed by atoms with Crippen molar-refractivity contribution in [2.45, 2.75) is 38.7 Å². The fourth-order valence-corrected chi connectivity index (χ4v) is 2.33. The van der Waals surface area contributed by atoms with E-state index in [0.29, 0.717) is 11.5 Å². The first-order valence-corrected chi connectivity index (χ1v) is 7.05. The third kappa shape index (κ3) is 3.80. The number of rotatable bonds is 3. The highest BCUT2D eigenvalue weighted by molar-refractivity contribution is 5.89. The van der Waals surface area contributed by atoms with Gasteiger partial charge in [0.25, 0.3) is 0 Å². The number of ether oxygens (including phenoxy) is 1. The highest BCUT2D eigenvalue weighted by atomic mass is 16.5. The lowest BCUT2D eigenvalue weighted by molar-refractivity contribution is 0.0139. The average Bonchev–Trinajstić information content (AvgIpc) is 2.41. The van der Waals surface area contributed by atoms with Crippen molar-refractivity contribution in [1.82, 2.24) is 4.90 Å². The predicted molar refractivity (Wildman–Crippen MR) is 76.5 cm³/mol. The van der Waals surface area contributed by atoms with E-state index in [1.807, 2.05) is 24.3 Å². The quantitative estimate of drug-likeness (QED) is 0.783. The van der Waals surface area contributed by atoms with E-state index in [9.17, 15) is 4.79 Å². The molecule has 0 unspecified atom stereocenters. The Balaban J connectivity index is 1.92. The SMILES string of the molecule is CC(C)c1ccc(C(=O)OC2CCN(C)CC2)cc1. The molecular formula is C16H23NO2. The third-order valence-corrected chi connectivity index (χ3v) is 3.75. The Morgan fingerprint density at radius 1 is 1.21 bits per heavy atom. The summed E-state index contributed by atoms with van der Waals surface area (Å²) in [5.41, 5.74) is 1.90. The van der Waals surface area contributed by atoms with Gasteiger partial charge in [-0.3, -0.25) is 0 Å². The third-order valence-electron chi connectivity index (χ3n) is 3.75. The zero-order valence-corrected chi connectivity index (χ0v) is 12.1. The molecule has 0 aromatic heterocycles. The zero-order chi connectivity index (χ0) is 13.8. The molecule has 0 radical (unpaired) electrons. The van der Waals surface area contributed by atoms with Crippen LogP contribution in [0, 0.1) is 0 Å². The molecule has 0 amide bonds. The van der Waals surface area contributed by atoms with Crippen molar-refractivity contribution in [3.8, 4) is 0 Å². The van der Waals surface area contributed by atoms with Crippen LogP contribution in [0.15, 0.2) is 24.3 Å². The van der Waals surface area contributed by atoms with Gasteiger partial charge in [0, 0.05) is 13.1 Å². The molecule has 0 spiro atoms. The Labute approximate surface area is 115 Å². The van der Waals surface area contributed by atoms with Gasteiger partial charge in [0.15, 0.2) is 0 Å². The number of carbonyl (C=O) groups excluding carboxylic acids is 1. The summed E-state index contributed by atoms with van der Waals surface area (Å²) < 4.78 is 5.56. The summed E-state index contributed by atoms with van der Waals surface area (Å²) in [6, 6.07) is 7.76. The Kier molecular flexibility index (Phi) is 4.59. The number of esters is 1. The largest absolute Gasteiger partial charge is 0.459 e. The molecule has 1 aliphatic heterocycles. The van der Waals surface area contributed by atoms with Gasteiger partial charge < -0.3 is 9.64 Å². The van der Waals surface area contributed by atoms with Gasteiger partial charge in [0.2, 0.25) is 0 Å². The lowest BCUT2D eigenvalue weighted by Crippen LogP contribution is -2.35. The van der Waals surface area contributed by atoms with Crippen molar-refractivity contribution in [3.05, 3.63) is 35.4 Å². The molecule has 0 saturated carbocycles. The van der Waals surface area contributed by atoms with Crippen LogP contribution in [0.1, 0.15) is 48.5 Å². The van der Waals surface area contributed by atoms with Crippen LogP contribution in [-0.2, 0) is 4.74 Å². The van der Waals surface area contributed by atoms with E-state index in [2.05, 4.69) is 25.8 Å². The number of hydrogen-bond acceptors (Lipinski definition) is 3. The van der Waals surface area contributed by atoms with Crippen molar-refractivity contribution >= 4 is 5.97 Å². The summed E-state index contributed by atoms with van der Waals surface area (Å²) in [4.78, 5) is 14.3. The minimum Gasteiger partial charge on any atom is -0.459 e. The second kappa shape index (κ2) is 6.20. The molecule has 0 atom stereocenters. The van der Waals surface area contributed by atoms with Gasteiger partial charge >= 0.3 is 5.97 Å². The van der Waals surface area contributed by atoms with Gasteiger partial charge in [-0.05, 0) is 43.5 Å². The molecule has 104 valence electrons. The molecule has 0 N–H and O–H groups in total. The summed E-state index contributed by atoms with van der Waals surface area (Å²) >= 11 is 0. The van der Waals surface area contributed by atoms with Crippen molar-refractivity contribution in [2.24, 2.45) is 0 Å². The molecule has 0 bridgehead atoms. The summed E-state index contributed by atoms with van der Waals surface area (Å²) in [5.74, 6) is 0.295. The lowest BCUT2D eigenvalue weighted by atomic mass is 10.0. The molecule has 19 heavy (non-hydrogen) atoms. The Morgan fingerprint density at radius 2 is 1.79 bits per heavy atom. The van der Waals surface area contributed by atoms with E-state index >= 15 is 0 Å². The first-order valence-electron chi connectivity index (χ1n) is 7.05. The molecule has 1 aromatic carbocycles. The summed E-state index contributed by atoms with van der Waals surface area (Å²) in [6.45, 7) is 6.30. The molecule has 1 aromatic rings. The van der Waals surface area contributed by atoms with E-state index < -0.39 is 0 Å². The zero-order valence-electron chi connectivity index (χ0n) is 12.1. The van der Waals surface area contributed by atoms with E-state index in [4.69, 9.17) is 4.74 Å². The van der Waals surface area contributed by atoms with Gasteiger partial charge in [-0.1, -0.05) is 26.0 Å². The Bertz CT molecular complexity index is 417. The predicted octanol–water partition coefficient (Wildman–Crippen LogP) is 3.06. The van der Waals surface area contributed by atoms with Crippen molar-refractivity contribution in [3.63, 3.8) is 0 Å². The second-order valence-corrected chi connectivity index (χ2v) is 5.68. The van der Waals surface area contributed by atoms with Gasteiger partial charge in [0.1, 0.15) is 6.10 Å². The Morgan fingerprint density at radius 3 is 2.32 bits per heavy atom. The fourth-order valence-electron chi connectivity index (χ4n) is 2.33. The standard InChI is InChI=1S/C16H23NO2/c1-12(2)13-4-6-14(7-5-13)16(18)19-15-8-10-17(3)11-9-15/h4-7,12,15H,8-11H2,1-3H3. The first-order chi connectivity index (χ1) is 9.06. The van der Waals surface area contributed by atoms with Gasteiger partial charge in [-0.2, -0.15) is 0 Å². The van der Waals surface area contributed by atoms with Crippen LogP contribution in [0.25, 0.3) is 0 Å². The lowest BCUT2D eigenvalue weighted by Gasteiger charge is -2.28. The maximum absolute atomic E-state index is 12.0. The van der Waals surface area contributed by atoms with Crippen LogP contribution in [0.2, 0.25) is 0 Å². The second-order valence-electron chi connectivity index (χ2n) is 5.68. The fraction of sp³-hybridized carbons (Fsp3) is 0.562. The summed E-state index contributed by atoms with van der Waals surface area (Å²) in [7, 11) is 2.10. The molecule has 1 saturated heterocycles. The smallest absolute Gasteiger partial charge is 0.338 e. The minimum atomic E-state index is -0.190. The molecule has 0 aliphatic carbocycles. The van der Waals surface area contributed by atoms with E-state index in [-0.39, 0.29) is 12.1 Å². The average molecular weight is 261 g/mol. The monoisotopic (exact) mass is 261 g/mol. The maximum Gasteiger partial charge on any atom is 0.338 e. The number of likely N-dealkylation sites (tertiary alicyclic amines) is 1. The highest BCUT2D eigenvalue weighted by Gasteiger charge is 2.20. The number of nitrogens with zero attached hydrogens (tertiary/aromatic N) is 1. The molecule has 1 aliphatic rings. The normalized spacial score (nSPS) is 17.7. The number of hydrogen-bond donors (Lipinski definition) is 0. The maximum atomic E-state index is 12.0. The van der Waals surface area contributed by atoms with Crippen molar-refractivity contribution in [2.75, 3.05) is 20.1 Å². The van der Waals surface area contributed by atoms with Crippen molar-refractivity contribution < 1.29 is 9.53 Å². The summed E-state index contributed by atoms with van der Waals surface area (Å²) in [6.07, 6.45) is 1.95. The number of carbonyl (C=O) groups is 1. The molecule has 3 heteroatoms. The summed E-state index contributed by atoms with van der Waals surface area (Å²) in [5, 5.41) is 0. The van der Waals surface area contributed by atoms with Crippen LogP contribution in [0.3, 0.4) is 0 Å². The Hall–Kier alpha value is -1.35. The first kappa shape index (κ1) is 14.1. The van der Waals surface area contributed by atoms with E-state index in [1.54, 1.807) is 0 Å². The molecule has 1 fully saturated rings. The molecule has 1 heterocycles. The van der Waals surface area contributed by atoms with Gasteiger partial charge in [-0.25, -0.2) is 4.79 Å². The van der Waals surface area contributed by atoms with Crippen LogP contribution in [0.5, 0.6) is 0 Å². The van der Waals surface area contributed by atoms with Crippen molar-refractivity contribution in [1.29, 1.82) is 0 Å². The van der Waals surface area contributed by atoms with E-state index in [1.165, 1.54) is 5.56 Å². The van der Waals surface area contributed by atoms with Crippen LogP contribution in [-0.4, -0.2) is 37.1 Å². The number of benzene rings is 1. The molecule has 2 rings (SSSR count). The van der Waals surface area contributed by atoms with Crippen LogP contribution < -0.4 is 0 Å².